The summed E-state index contributed by atoms with van der Waals surface area (Å²) in [4.78, 5) is 2.01. The third-order valence-electron chi connectivity index (χ3n) is 5.58. The topological polar surface area (TPSA) is 85.3 Å². The van der Waals surface area contributed by atoms with Gasteiger partial charge in [0.1, 0.15) is 18.5 Å². The lowest BCUT2D eigenvalue weighted by atomic mass is 10.1. The first-order valence-electron chi connectivity index (χ1n) is 10.4. The van der Waals surface area contributed by atoms with Crippen molar-refractivity contribution in [1.29, 1.82) is 0 Å². The van der Waals surface area contributed by atoms with Crippen LogP contribution in [0.1, 0.15) is 17.5 Å². The predicted molar refractivity (Wildman–Crippen MR) is 125 cm³/mol. The number of aliphatic hydroxyl groups is 1. The van der Waals surface area contributed by atoms with Crippen molar-refractivity contribution in [3.8, 4) is 17.2 Å². The van der Waals surface area contributed by atoms with Gasteiger partial charge in [0, 0.05) is 24.2 Å². The van der Waals surface area contributed by atoms with Gasteiger partial charge in [-0.25, -0.2) is 8.42 Å². The monoisotopic (exact) mass is 483 g/mol. The van der Waals surface area contributed by atoms with Crippen molar-refractivity contribution < 1.29 is 27.7 Å². The summed E-state index contributed by atoms with van der Waals surface area (Å²) < 4.78 is 40.6. The van der Waals surface area contributed by atoms with Crippen LogP contribution in [0.4, 0.5) is 0 Å². The Morgan fingerprint density at radius 2 is 1.91 bits per heavy atom. The van der Waals surface area contributed by atoms with Gasteiger partial charge in [0.2, 0.25) is 0 Å². The van der Waals surface area contributed by atoms with E-state index >= 15 is 0 Å². The molecule has 0 bridgehead atoms. The number of aliphatic hydroxyl groups excluding tert-OH is 1. The average molecular weight is 484 g/mol. The molecule has 1 saturated heterocycles. The minimum Gasteiger partial charge on any atom is -0.493 e. The molecule has 1 N–H and O–H groups in total. The van der Waals surface area contributed by atoms with Crippen LogP contribution in [0.25, 0.3) is 0 Å². The van der Waals surface area contributed by atoms with Crippen molar-refractivity contribution in [3.63, 3.8) is 0 Å². The molecular weight excluding hydrogens is 454 g/mol. The lowest BCUT2D eigenvalue weighted by Gasteiger charge is -2.30. The summed E-state index contributed by atoms with van der Waals surface area (Å²) in [7, 11) is 0.0792. The molecule has 0 amide bonds. The molecule has 2 atom stereocenters. The summed E-state index contributed by atoms with van der Waals surface area (Å²) in [5, 5.41) is 11.3. The van der Waals surface area contributed by atoms with Crippen LogP contribution >= 0.6 is 11.6 Å². The average Bonchev–Trinajstić information content (AvgIpc) is 3.13. The SMILES string of the molecule is COc1ccc(CN(CC(O)COc2ccc(Cl)c(C)c2)C2CCS(=O)(=O)C2)cc1OC. The Kier molecular flexibility index (Phi) is 8.27. The molecule has 9 heteroatoms. The smallest absolute Gasteiger partial charge is 0.161 e. The first-order chi connectivity index (χ1) is 15.2. The highest BCUT2D eigenvalue weighted by atomic mass is 35.5. The third-order valence-corrected chi connectivity index (χ3v) is 7.75. The summed E-state index contributed by atoms with van der Waals surface area (Å²) >= 11 is 6.05. The zero-order valence-corrected chi connectivity index (χ0v) is 20.2. The molecule has 7 nitrogen and oxygen atoms in total. The van der Waals surface area contributed by atoms with Gasteiger partial charge >= 0.3 is 0 Å². The first kappa shape index (κ1) is 24.6. The minimum atomic E-state index is -3.07. The van der Waals surface area contributed by atoms with Gasteiger partial charge in [0.15, 0.2) is 21.3 Å². The van der Waals surface area contributed by atoms with Gasteiger partial charge in [0.25, 0.3) is 0 Å². The van der Waals surface area contributed by atoms with Gasteiger partial charge in [-0.15, -0.1) is 0 Å². The standard InChI is InChI=1S/C23H30ClNO6S/c1-16-10-20(5-6-21(16)24)31-14-19(26)13-25(18-8-9-32(27,28)15-18)12-17-4-7-22(29-2)23(11-17)30-3/h4-7,10-11,18-19,26H,8-9,12-15H2,1-3H3. The fourth-order valence-corrected chi connectivity index (χ4v) is 5.72. The van der Waals surface area contributed by atoms with Crippen molar-refractivity contribution in [2.24, 2.45) is 0 Å². The summed E-state index contributed by atoms with van der Waals surface area (Å²) in [5.41, 5.74) is 1.83. The Hall–Kier alpha value is -2.00. The second kappa shape index (κ2) is 10.7. The van der Waals surface area contributed by atoms with Crippen molar-refractivity contribution in [1.82, 2.24) is 4.90 Å². The molecule has 1 fully saturated rings. The van der Waals surface area contributed by atoms with E-state index in [0.717, 1.165) is 11.1 Å². The molecule has 1 aliphatic rings. The second-order valence-corrected chi connectivity index (χ2v) is 10.7. The van der Waals surface area contributed by atoms with E-state index in [0.29, 0.717) is 35.2 Å². The number of aryl methyl sites for hydroxylation is 1. The first-order valence-corrected chi connectivity index (χ1v) is 12.6. The molecule has 2 aromatic rings. The number of nitrogens with zero attached hydrogens (tertiary/aromatic N) is 1. The molecule has 1 aliphatic heterocycles. The Morgan fingerprint density at radius 3 is 2.53 bits per heavy atom. The van der Waals surface area contributed by atoms with Crippen molar-refractivity contribution in [3.05, 3.63) is 52.5 Å². The number of hydrogen-bond acceptors (Lipinski definition) is 7. The van der Waals surface area contributed by atoms with E-state index in [9.17, 15) is 13.5 Å². The molecule has 2 unspecified atom stereocenters. The zero-order chi connectivity index (χ0) is 23.3. The molecule has 0 aliphatic carbocycles. The molecule has 3 rings (SSSR count). The molecule has 1 heterocycles. The maximum atomic E-state index is 12.1. The normalized spacial score (nSPS) is 18.5. The predicted octanol–water partition coefficient (Wildman–Crippen LogP) is 3.09. The number of ether oxygens (including phenoxy) is 3. The highest BCUT2D eigenvalue weighted by Gasteiger charge is 2.33. The van der Waals surface area contributed by atoms with E-state index in [-0.39, 0.29) is 30.7 Å². The van der Waals surface area contributed by atoms with Crippen LogP contribution in [0.3, 0.4) is 0 Å². The van der Waals surface area contributed by atoms with Gasteiger partial charge in [-0.2, -0.15) is 0 Å². The summed E-state index contributed by atoms with van der Waals surface area (Å²) in [6.45, 7) is 2.72. The van der Waals surface area contributed by atoms with Gasteiger partial charge in [-0.3, -0.25) is 4.90 Å². The summed E-state index contributed by atoms with van der Waals surface area (Å²) in [5.74, 6) is 2.10. The molecule has 0 radical (unpaired) electrons. The Labute approximate surface area is 194 Å². The number of methoxy groups -OCH3 is 2. The number of rotatable bonds is 10. The number of halogens is 1. The molecule has 176 valence electrons. The number of benzene rings is 2. The number of sulfone groups is 1. The lowest BCUT2D eigenvalue weighted by Crippen LogP contribution is -2.42. The van der Waals surface area contributed by atoms with E-state index in [2.05, 4.69) is 0 Å². The Morgan fingerprint density at radius 1 is 1.16 bits per heavy atom. The maximum absolute atomic E-state index is 12.1. The lowest BCUT2D eigenvalue weighted by molar-refractivity contribution is 0.0524. The summed E-state index contributed by atoms with van der Waals surface area (Å²) in [6, 6.07) is 10.8. The molecule has 0 saturated carbocycles. The number of hydrogen-bond donors (Lipinski definition) is 1. The second-order valence-electron chi connectivity index (χ2n) is 8.05. The highest BCUT2D eigenvalue weighted by molar-refractivity contribution is 7.91. The summed E-state index contributed by atoms with van der Waals surface area (Å²) in [6.07, 6.45) is -0.256. The van der Waals surface area contributed by atoms with Crippen LogP contribution in [0.15, 0.2) is 36.4 Å². The van der Waals surface area contributed by atoms with Crippen LogP contribution < -0.4 is 14.2 Å². The van der Waals surface area contributed by atoms with Gasteiger partial charge in [0.05, 0.1) is 25.7 Å². The maximum Gasteiger partial charge on any atom is 0.161 e. The van der Waals surface area contributed by atoms with Crippen molar-refractivity contribution in [2.45, 2.75) is 32.0 Å². The molecule has 0 aromatic heterocycles. The molecular formula is C23H30ClNO6S. The molecule has 32 heavy (non-hydrogen) atoms. The largest absolute Gasteiger partial charge is 0.493 e. The highest BCUT2D eigenvalue weighted by Crippen LogP contribution is 2.29. The van der Waals surface area contributed by atoms with Gasteiger partial charge < -0.3 is 19.3 Å². The molecule has 0 spiro atoms. The van der Waals surface area contributed by atoms with Crippen LogP contribution in [-0.4, -0.2) is 69.4 Å². The van der Waals surface area contributed by atoms with Gasteiger partial charge in [-0.1, -0.05) is 17.7 Å². The minimum absolute atomic E-state index is 0.0863. The quantitative estimate of drug-likeness (QED) is 0.555. The third kappa shape index (κ3) is 6.51. The van der Waals surface area contributed by atoms with Crippen molar-refractivity contribution >= 4 is 21.4 Å². The van der Waals surface area contributed by atoms with Crippen molar-refractivity contribution in [2.75, 3.05) is 38.9 Å². The van der Waals surface area contributed by atoms with E-state index in [1.54, 1.807) is 26.4 Å². The van der Waals surface area contributed by atoms with Crippen LogP contribution in [0.5, 0.6) is 17.2 Å². The fraction of sp³-hybridized carbons (Fsp3) is 0.478. The van der Waals surface area contributed by atoms with E-state index < -0.39 is 15.9 Å². The van der Waals surface area contributed by atoms with E-state index in [1.165, 1.54) is 0 Å². The Balaban J connectivity index is 1.70. The van der Waals surface area contributed by atoms with E-state index in [4.69, 9.17) is 25.8 Å². The van der Waals surface area contributed by atoms with Crippen LogP contribution in [-0.2, 0) is 16.4 Å². The van der Waals surface area contributed by atoms with Crippen LogP contribution in [0.2, 0.25) is 5.02 Å². The van der Waals surface area contributed by atoms with E-state index in [1.807, 2.05) is 36.1 Å². The van der Waals surface area contributed by atoms with Gasteiger partial charge in [-0.05, 0) is 54.8 Å². The molecule has 2 aromatic carbocycles. The fourth-order valence-electron chi connectivity index (χ4n) is 3.84. The Bertz CT molecular complexity index is 1030. The zero-order valence-electron chi connectivity index (χ0n) is 18.6. The van der Waals surface area contributed by atoms with Crippen LogP contribution in [0, 0.1) is 6.92 Å².